The van der Waals surface area contributed by atoms with Crippen molar-refractivity contribution in [3.63, 3.8) is 0 Å². The molecule has 9 heteroatoms. The molecule has 9 nitrogen and oxygen atoms in total. The number of alkyl carbamates (subject to hydrolysis) is 1. The van der Waals surface area contributed by atoms with Gasteiger partial charge in [-0.15, -0.1) is 0 Å². The Bertz CT molecular complexity index is 445. The first-order chi connectivity index (χ1) is 11.1. The zero-order valence-electron chi connectivity index (χ0n) is 14.7. The first kappa shape index (κ1) is 21.7. The van der Waals surface area contributed by atoms with E-state index in [-0.39, 0.29) is 50.7 Å². The van der Waals surface area contributed by atoms with Gasteiger partial charge in [0.1, 0.15) is 5.60 Å². The molecular formula is C15H27N3O6. The highest BCUT2D eigenvalue weighted by atomic mass is 16.6. The van der Waals surface area contributed by atoms with E-state index in [1.807, 2.05) is 0 Å². The van der Waals surface area contributed by atoms with Gasteiger partial charge in [-0.2, -0.15) is 0 Å². The number of carbonyl (C=O) groups is 4. The van der Waals surface area contributed by atoms with Crippen LogP contribution in [0.25, 0.3) is 0 Å². The first-order valence-corrected chi connectivity index (χ1v) is 7.71. The number of methoxy groups -OCH3 is 1. The van der Waals surface area contributed by atoms with E-state index >= 15 is 0 Å². The number of nitrogens with one attached hydrogen (secondary N) is 3. The Morgan fingerprint density at radius 3 is 1.71 bits per heavy atom. The number of amides is 3. The molecule has 0 atom stereocenters. The third-order valence-electron chi connectivity index (χ3n) is 2.57. The van der Waals surface area contributed by atoms with E-state index in [2.05, 4.69) is 20.7 Å². The predicted molar refractivity (Wildman–Crippen MR) is 86.1 cm³/mol. The standard InChI is InChI=1S/C15H27N3O6/c1-15(2,3)24-14(22)18-9-6-12(20)16-8-5-11(19)17-10-7-13(21)23-4/h5-10H2,1-4H3,(H,16,20)(H,17,19)(H,18,22). The molecule has 0 aliphatic carbocycles. The van der Waals surface area contributed by atoms with Gasteiger partial charge in [0.05, 0.1) is 13.5 Å². The Morgan fingerprint density at radius 2 is 1.25 bits per heavy atom. The number of esters is 1. The van der Waals surface area contributed by atoms with Crippen LogP contribution in [-0.2, 0) is 23.9 Å². The lowest BCUT2D eigenvalue weighted by Crippen LogP contribution is -2.36. The topological polar surface area (TPSA) is 123 Å². The lowest BCUT2D eigenvalue weighted by atomic mass is 10.2. The van der Waals surface area contributed by atoms with Gasteiger partial charge >= 0.3 is 12.1 Å². The van der Waals surface area contributed by atoms with Crippen molar-refractivity contribution in [1.29, 1.82) is 0 Å². The Kier molecular flexibility index (Phi) is 10.2. The van der Waals surface area contributed by atoms with Crippen LogP contribution in [0.5, 0.6) is 0 Å². The molecule has 0 aromatic rings. The average molecular weight is 345 g/mol. The molecule has 0 heterocycles. The summed E-state index contributed by atoms with van der Waals surface area (Å²) in [5.41, 5.74) is -0.590. The van der Waals surface area contributed by atoms with Gasteiger partial charge in [0.15, 0.2) is 0 Å². The number of rotatable bonds is 9. The van der Waals surface area contributed by atoms with Crippen LogP contribution in [-0.4, -0.2) is 56.2 Å². The highest BCUT2D eigenvalue weighted by Gasteiger charge is 2.15. The van der Waals surface area contributed by atoms with Crippen molar-refractivity contribution in [3.05, 3.63) is 0 Å². The molecular weight excluding hydrogens is 318 g/mol. The Hall–Kier alpha value is -2.32. The summed E-state index contributed by atoms with van der Waals surface area (Å²) in [6, 6.07) is 0. The number of ether oxygens (including phenoxy) is 2. The quantitative estimate of drug-likeness (QED) is 0.509. The molecule has 138 valence electrons. The van der Waals surface area contributed by atoms with Gasteiger partial charge in [-0.1, -0.05) is 0 Å². The van der Waals surface area contributed by atoms with Crippen molar-refractivity contribution in [2.24, 2.45) is 0 Å². The molecule has 24 heavy (non-hydrogen) atoms. The second-order valence-electron chi connectivity index (χ2n) is 5.95. The Balaban J connectivity index is 3.67. The third kappa shape index (κ3) is 13.4. The second-order valence-corrected chi connectivity index (χ2v) is 5.95. The van der Waals surface area contributed by atoms with Crippen LogP contribution in [0.3, 0.4) is 0 Å². The van der Waals surface area contributed by atoms with Crippen molar-refractivity contribution >= 4 is 23.9 Å². The zero-order valence-corrected chi connectivity index (χ0v) is 14.7. The molecule has 0 fully saturated rings. The van der Waals surface area contributed by atoms with Crippen molar-refractivity contribution in [1.82, 2.24) is 16.0 Å². The maximum absolute atomic E-state index is 11.5. The minimum absolute atomic E-state index is 0.0865. The van der Waals surface area contributed by atoms with Gasteiger partial charge in [-0.05, 0) is 20.8 Å². The molecule has 0 aromatic heterocycles. The van der Waals surface area contributed by atoms with Gasteiger partial charge in [0.25, 0.3) is 0 Å². The SMILES string of the molecule is COC(=O)CCNC(=O)CCNC(=O)CCNC(=O)OC(C)(C)C. The van der Waals surface area contributed by atoms with Crippen LogP contribution in [0.1, 0.15) is 40.0 Å². The molecule has 0 unspecified atom stereocenters. The van der Waals surface area contributed by atoms with Crippen molar-refractivity contribution in [2.75, 3.05) is 26.7 Å². The molecule has 0 bridgehead atoms. The fourth-order valence-corrected chi connectivity index (χ4v) is 1.49. The van der Waals surface area contributed by atoms with E-state index in [9.17, 15) is 19.2 Å². The first-order valence-electron chi connectivity index (χ1n) is 7.71. The van der Waals surface area contributed by atoms with E-state index in [0.717, 1.165) is 0 Å². The summed E-state index contributed by atoms with van der Waals surface area (Å²) in [6.45, 7) is 5.75. The molecule has 0 saturated carbocycles. The van der Waals surface area contributed by atoms with Crippen LogP contribution in [0.4, 0.5) is 4.79 Å². The van der Waals surface area contributed by atoms with E-state index in [1.54, 1.807) is 20.8 Å². The lowest BCUT2D eigenvalue weighted by molar-refractivity contribution is -0.140. The van der Waals surface area contributed by atoms with E-state index in [4.69, 9.17) is 4.74 Å². The summed E-state index contributed by atoms with van der Waals surface area (Å²) in [6.07, 6.45) is -0.291. The molecule has 0 aromatic carbocycles. The normalized spacial score (nSPS) is 10.5. The average Bonchev–Trinajstić information content (AvgIpc) is 2.45. The zero-order chi connectivity index (χ0) is 18.6. The molecule has 0 rings (SSSR count). The van der Waals surface area contributed by atoms with Crippen LogP contribution in [0.15, 0.2) is 0 Å². The Morgan fingerprint density at radius 1 is 0.792 bits per heavy atom. The minimum atomic E-state index is -0.590. The van der Waals surface area contributed by atoms with E-state index < -0.39 is 17.7 Å². The van der Waals surface area contributed by atoms with E-state index in [1.165, 1.54) is 7.11 Å². The molecule has 3 amide bonds. The van der Waals surface area contributed by atoms with Crippen LogP contribution < -0.4 is 16.0 Å². The fraction of sp³-hybridized carbons (Fsp3) is 0.733. The number of carbonyl (C=O) groups excluding carboxylic acids is 4. The molecule has 0 aliphatic rings. The summed E-state index contributed by atoms with van der Waals surface area (Å²) in [7, 11) is 1.28. The monoisotopic (exact) mass is 345 g/mol. The smallest absolute Gasteiger partial charge is 0.407 e. The fourth-order valence-electron chi connectivity index (χ4n) is 1.49. The summed E-state index contributed by atoms with van der Waals surface area (Å²) in [5.74, 6) is -0.958. The number of hydrogen-bond donors (Lipinski definition) is 3. The maximum atomic E-state index is 11.5. The third-order valence-corrected chi connectivity index (χ3v) is 2.57. The van der Waals surface area contributed by atoms with E-state index in [0.29, 0.717) is 0 Å². The molecule has 0 aliphatic heterocycles. The largest absolute Gasteiger partial charge is 0.469 e. The number of hydrogen-bond acceptors (Lipinski definition) is 6. The molecule has 0 saturated heterocycles. The van der Waals surface area contributed by atoms with Crippen molar-refractivity contribution in [3.8, 4) is 0 Å². The minimum Gasteiger partial charge on any atom is -0.469 e. The highest BCUT2D eigenvalue weighted by Crippen LogP contribution is 2.06. The molecule has 0 spiro atoms. The maximum Gasteiger partial charge on any atom is 0.407 e. The van der Waals surface area contributed by atoms with Crippen molar-refractivity contribution in [2.45, 2.75) is 45.6 Å². The van der Waals surface area contributed by atoms with Gasteiger partial charge in [0, 0.05) is 32.5 Å². The van der Waals surface area contributed by atoms with Crippen LogP contribution in [0, 0.1) is 0 Å². The van der Waals surface area contributed by atoms with Crippen molar-refractivity contribution < 1.29 is 28.7 Å². The summed E-state index contributed by atoms with van der Waals surface area (Å²) < 4.78 is 9.47. The van der Waals surface area contributed by atoms with Gasteiger partial charge < -0.3 is 25.4 Å². The predicted octanol–water partition coefficient (Wildman–Crippen LogP) is 0.0868. The van der Waals surface area contributed by atoms with Gasteiger partial charge in [-0.3, -0.25) is 14.4 Å². The molecule has 3 N–H and O–H groups in total. The Labute approximate surface area is 141 Å². The van der Waals surface area contributed by atoms with Crippen LogP contribution >= 0.6 is 0 Å². The lowest BCUT2D eigenvalue weighted by Gasteiger charge is -2.19. The van der Waals surface area contributed by atoms with Crippen LogP contribution in [0.2, 0.25) is 0 Å². The second kappa shape index (κ2) is 11.3. The molecule has 0 radical (unpaired) electrons. The highest BCUT2D eigenvalue weighted by molar-refractivity contribution is 5.79. The summed E-state index contributed by atoms with van der Waals surface area (Å²) in [5, 5.41) is 7.57. The summed E-state index contributed by atoms with van der Waals surface area (Å²) >= 11 is 0. The van der Waals surface area contributed by atoms with Gasteiger partial charge in [-0.25, -0.2) is 4.79 Å². The summed E-state index contributed by atoms with van der Waals surface area (Å²) in [4.78, 5) is 45.2. The van der Waals surface area contributed by atoms with Gasteiger partial charge in [0.2, 0.25) is 11.8 Å².